The van der Waals surface area contributed by atoms with Crippen LogP contribution < -0.4 is 5.32 Å². The minimum Gasteiger partial charge on any atom is -0.508 e. The molecular formula is C20H18N4O. The van der Waals surface area contributed by atoms with Crippen molar-refractivity contribution in [1.29, 1.82) is 0 Å². The maximum absolute atomic E-state index is 9.75. The van der Waals surface area contributed by atoms with Crippen molar-refractivity contribution >= 4 is 17.0 Å². The van der Waals surface area contributed by atoms with Crippen molar-refractivity contribution in [3.63, 3.8) is 0 Å². The summed E-state index contributed by atoms with van der Waals surface area (Å²) < 4.78 is 1.97. The Hall–Kier alpha value is -3.34. The van der Waals surface area contributed by atoms with Crippen LogP contribution in [0.25, 0.3) is 16.8 Å². The van der Waals surface area contributed by atoms with Gasteiger partial charge < -0.3 is 10.4 Å². The highest BCUT2D eigenvalue weighted by Crippen LogP contribution is 2.29. The predicted molar refractivity (Wildman–Crippen MR) is 99.3 cm³/mol. The van der Waals surface area contributed by atoms with Crippen molar-refractivity contribution < 1.29 is 5.11 Å². The fourth-order valence-electron chi connectivity index (χ4n) is 3.02. The quantitative estimate of drug-likeness (QED) is 0.582. The Morgan fingerprint density at radius 3 is 2.52 bits per heavy atom. The average Bonchev–Trinajstić information content (AvgIpc) is 3.08. The van der Waals surface area contributed by atoms with E-state index in [1.54, 1.807) is 30.9 Å². The van der Waals surface area contributed by atoms with E-state index >= 15 is 0 Å². The molecule has 0 spiro atoms. The van der Waals surface area contributed by atoms with Crippen LogP contribution in [0.1, 0.15) is 11.1 Å². The van der Waals surface area contributed by atoms with E-state index in [0.717, 1.165) is 39.4 Å². The van der Waals surface area contributed by atoms with Crippen LogP contribution in [0.15, 0.2) is 61.2 Å². The lowest BCUT2D eigenvalue weighted by molar-refractivity contribution is 0.475. The van der Waals surface area contributed by atoms with Crippen LogP contribution in [-0.4, -0.2) is 19.5 Å². The van der Waals surface area contributed by atoms with E-state index in [9.17, 15) is 5.11 Å². The Morgan fingerprint density at radius 1 is 1.00 bits per heavy atom. The fourth-order valence-corrected chi connectivity index (χ4v) is 3.02. The van der Waals surface area contributed by atoms with Crippen molar-refractivity contribution in [2.45, 2.75) is 13.8 Å². The monoisotopic (exact) mass is 330 g/mol. The molecule has 0 aliphatic carbocycles. The number of phenolic OH excluding ortho intramolecular Hbond substituents is 1. The van der Waals surface area contributed by atoms with Crippen LogP contribution in [0.2, 0.25) is 0 Å². The summed E-state index contributed by atoms with van der Waals surface area (Å²) >= 11 is 0. The number of benzene rings is 2. The topological polar surface area (TPSA) is 62.5 Å². The van der Waals surface area contributed by atoms with Gasteiger partial charge in [-0.2, -0.15) is 0 Å². The van der Waals surface area contributed by atoms with Gasteiger partial charge in [-0.1, -0.05) is 30.3 Å². The van der Waals surface area contributed by atoms with E-state index < -0.39 is 0 Å². The molecule has 2 aromatic heterocycles. The Kier molecular flexibility index (Phi) is 3.61. The van der Waals surface area contributed by atoms with Crippen LogP contribution in [0, 0.1) is 13.8 Å². The Bertz CT molecular complexity index is 1050. The average molecular weight is 330 g/mol. The molecule has 0 aliphatic rings. The van der Waals surface area contributed by atoms with Crippen LogP contribution >= 0.6 is 0 Å². The van der Waals surface area contributed by atoms with Gasteiger partial charge in [-0.3, -0.25) is 4.40 Å². The molecule has 0 bridgehead atoms. The van der Waals surface area contributed by atoms with Crippen molar-refractivity contribution in [1.82, 2.24) is 14.4 Å². The van der Waals surface area contributed by atoms with E-state index in [0.29, 0.717) is 0 Å². The number of imidazole rings is 1. The van der Waals surface area contributed by atoms with Gasteiger partial charge in [-0.05, 0) is 37.1 Å². The number of para-hydroxylation sites is 1. The number of hydrogen-bond donors (Lipinski definition) is 2. The first-order valence-electron chi connectivity index (χ1n) is 8.07. The highest BCUT2D eigenvalue weighted by atomic mass is 16.3. The van der Waals surface area contributed by atoms with Crippen LogP contribution in [0.4, 0.5) is 11.5 Å². The summed E-state index contributed by atoms with van der Waals surface area (Å²) in [7, 11) is 0. The summed E-state index contributed by atoms with van der Waals surface area (Å²) in [6, 6.07) is 13.3. The van der Waals surface area contributed by atoms with Gasteiger partial charge in [0, 0.05) is 11.3 Å². The number of hydrogen-bond acceptors (Lipinski definition) is 4. The molecule has 0 saturated carbocycles. The van der Waals surface area contributed by atoms with Crippen LogP contribution in [-0.2, 0) is 0 Å². The largest absolute Gasteiger partial charge is 0.508 e. The minimum atomic E-state index is 0.225. The van der Waals surface area contributed by atoms with Gasteiger partial charge in [-0.25, -0.2) is 9.97 Å². The van der Waals surface area contributed by atoms with Gasteiger partial charge in [0.05, 0.1) is 24.4 Å². The molecule has 0 unspecified atom stereocenters. The maximum Gasteiger partial charge on any atom is 0.156 e. The van der Waals surface area contributed by atoms with Crippen molar-refractivity contribution in [3.05, 3.63) is 72.3 Å². The second-order valence-corrected chi connectivity index (χ2v) is 6.08. The van der Waals surface area contributed by atoms with Crippen LogP contribution in [0.3, 0.4) is 0 Å². The molecule has 0 fully saturated rings. The molecule has 0 saturated heterocycles. The molecule has 2 aromatic carbocycles. The minimum absolute atomic E-state index is 0.225. The zero-order valence-corrected chi connectivity index (χ0v) is 14.1. The SMILES string of the molecule is Cc1cccc(C)c1Nc1ncc(-c2cccc(O)c2)n2cncc12. The summed E-state index contributed by atoms with van der Waals surface area (Å²) in [5.74, 6) is 0.974. The number of nitrogens with zero attached hydrogens (tertiary/aromatic N) is 3. The second-order valence-electron chi connectivity index (χ2n) is 6.08. The number of nitrogens with one attached hydrogen (secondary N) is 1. The number of fused-ring (bicyclic) bond motifs is 1. The molecule has 4 rings (SSSR count). The Labute approximate surface area is 145 Å². The van der Waals surface area contributed by atoms with Crippen LogP contribution in [0.5, 0.6) is 5.75 Å². The second kappa shape index (κ2) is 5.94. The normalized spacial score (nSPS) is 11.0. The van der Waals surface area contributed by atoms with Crippen molar-refractivity contribution in [3.8, 4) is 17.0 Å². The van der Waals surface area contributed by atoms with E-state index in [2.05, 4.69) is 41.3 Å². The fraction of sp³-hybridized carbons (Fsp3) is 0.100. The summed E-state index contributed by atoms with van der Waals surface area (Å²) in [4.78, 5) is 8.89. The molecule has 0 aliphatic heterocycles. The zero-order chi connectivity index (χ0) is 17.4. The van der Waals surface area contributed by atoms with Gasteiger partial charge in [-0.15, -0.1) is 0 Å². The molecule has 2 heterocycles. The number of anilines is 2. The lowest BCUT2D eigenvalue weighted by Crippen LogP contribution is -2.02. The molecule has 124 valence electrons. The molecule has 0 amide bonds. The smallest absolute Gasteiger partial charge is 0.156 e. The van der Waals surface area contributed by atoms with E-state index in [-0.39, 0.29) is 5.75 Å². The number of aromatic hydroxyl groups is 1. The Balaban J connectivity index is 1.83. The molecule has 4 aromatic rings. The van der Waals surface area contributed by atoms with Gasteiger partial charge in [0.25, 0.3) is 0 Å². The summed E-state index contributed by atoms with van der Waals surface area (Å²) in [5.41, 5.74) is 6.02. The first-order chi connectivity index (χ1) is 12.1. The van der Waals surface area contributed by atoms with Gasteiger partial charge in [0.2, 0.25) is 0 Å². The number of aryl methyl sites for hydroxylation is 2. The first-order valence-corrected chi connectivity index (χ1v) is 8.07. The lowest BCUT2D eigenvalue weighted by Gasteiger charge is -2.14. The van der Waals surface area contributed by atoms with Crippen molar-refractivity contribution in [2.24, 2.45) is 0 Å². The maximum atomic E-state index is 9.75. The number of rotatable bonds is 3. The van der Waals surface area contributed by atoms with Gasteiger partial charge in [0.1, 0.15) is 11.3 Å². The summed E-state index contributed by atoms with van der Waals surface area (Å²) in [6.07, 6.45) is 5.33. The molecule has 25 heavy (non-hydrogen) atoms. The number of aromatic nitrogens is 3. The Morgan fingerprint density at radius 2 is 1.76 bits per heavy atom. The van der Waals surface area contributed by atoms with E-state index in [4.69, 9.17) is 0 Å². The summed E-state index contributed by atoms with van der Waals surface area (Å²) in [5, 5.41) is 13.2. The zero-order valence-electron chi connectivity index (χ0n) is 14.1. The summed E-state index contributed by atoms with van der Waals surface area (Å²) in [6.45, 7) is 4.15. The third-order valence-corrected chi connectivity index (χ3v) is 4.32. The van der Waals surface area contributed by atoms with Crippen molar-refractivity contribution in [2.75, 3.05) is 5.32 Å². The predicted octanol–water partition coefficient (Wildman–Crippen LogP) is 4.46. The molecule has 0 atom stereocenters. The number of phenols is 1. The highest BCUT2D eigenvalue weighted by molar-refractivity contribution is 5.78. The third-order valence-electron chi connectivity index (χ3n) is 4.32. The van der Waals surface area contributed by atoms with E-state index in [1.807, 2.05) is 22.6 Å². The highest BCUT2D eigenvalue weighted by Gasteiger charge is 2.12. The standard InChI is InChI=1S/C20H18N4O/c1-13-5-3-6-14(2)19(13)23-20-18-10-21-12-24(18)17(11-22-20)15-7-4-8-16(25)9-15/h3-12,25H,1-2H3,(H,22,23). The molecule has 2 N–H and O–H groups in total. The van der Waals surface area contributed by atoms with E-state index in [1.165, 1.54) is 0 Å². The first kappa shape index (κ1) is 15.2. The van der Waals surface area contributed by atoms with Gasteiger partial charge >= 0.3 is 0 Å². The van der Waals surface area contributed by atoms with Gasteiger partial charge in [0.15, 0.2) is 5.82 Å². The molecule has 0 radical (unpaired) electrons. The molecular weight excluding hydrogens is 312 g/mol. The lowest BCUT2D eigenvalue weighted by atomic mass is 10.1. The molecule has 5 heteroatoms. The molecule has 5 nitrogen and oxygen atoms in total. The third kappa shape index (κ3) is 2.70.